The summed E-state index contributed by atoms with van der Waals surface area (Å²) in [5, 5.41) is 6.92. The first-order valence-electron chi connectivity index (χ1n) is 7.83. The van der Waals surface area contributed by atoms with E-state index in [0.29, 0.717) is 17.8 Å². The molecule has 1 heterocycles. The smallest absolute Gasteiger partial charge is 0.292 e. The number of carbonyl (C=O) groups is 2. The topological polar surface area (TPSA) is 64.0 Å². The van der Waals surface area contributed by atoms with Gasteiger partial charge in [-0.05, 0) is 32.6 Å². The minimum Gasteiger partial charge on any atom is -0.349 e. The second-order valence-electron chi connectivity index (χ2n) is 6.05. The summed E-state index contributed by atoms with van der Waals surface area (Å²) in [6.07, 6.45) is 7.43. The van der Waals surface area contributed by atoms with Crippen LogP contribution in [0.5, 0.6) is 0 Å². The summed E-state index contributed by atoms with van der Waals surface area (Å²) < 4.78 is 1.63. The Morgan fingerprint density at radius 2 is 1.95 bits per heavy atom. The fourth-order valence-electron chi connectivity index (χ4n) is 3.19. The zero-order valence-electron chi connectivity index (χ0n) is 13.2. The molecule has 1 amide bonds. The van der Waals surface area contributed by atoms with Crippen LogP contribution < -0.4 is 5.32 Å². The van der Waals surface area contributed by atoms with Crippen molar-refractivity contribution in [1.29, 1.82) is 0 Å². The number of rotatable bonds is 6. The Hall–Kier alpha value is -1.65. The highest BCUT2D eigenvalue weighted by molar-refractivity contribution is 6.43. The lowest BCUT2D eigenvalue weighted by Gasteiger charge is -2.09. The molecule has 0 unspecified atom stereocenters. The van der Waals surface area contributed by atoms with Gasteiger partial charge in [-0.25, -0.2) is 0 Å². The summed E-state index contributed by atoms with van der Waals surface area (Å²) in [4.78, 5) is 24.1. The van der Waals surface area contributed by atoms with E-state index in [1.807, 2.05) is 0 Å². The number of Topliss-reactive ketones (excluding diaryl/α,β-unsaturated/α-hetero) is 1. The Balaban J connectivity index is 1.81. The van der Waals surface area contributed by atoms with Crippen molar-refractivity contribution in [3.05, 3.63) is 17.0 Å². The Labute approximate surface area is 126 Å². The molecule has 5 nitrogen and oxygen atoms in total. The van der Waals surface area contributed by atoms with Crippen LogP contribution in [0.15, 0.2) is 0 Å². The Morgan fingerprint density at radius 1 is 1.29 bits per heavy atom. The number of nitrogens with one attached hydrogen (secondary N) is 1. The molecular formula is C16H25N3O2. The van der Waals surface area contributed by atoms with E-state index >= 15 is 0 Å². The average molecular weight is 291 g/mol. The van der Waals surface area contributed by atoms with Crippen LogP contribution >= 0.6 is 0 Å². The molecule has 0 radical (unpaired) electrons. The molecule has 1 aromatic heterocycles. The highest BCUT2D eigenvalue weighted by Crippen LogP contribution is 2.28. The third kappa shape index (κ3) is 3.71. The minimum absolute atomic E-state index is 0.436. The molecule has 1 N–H and O–H groups in total. The molecule has 1 aliphatic rings. The third-order valence-electron chi connectivity index (χ3n) is 4.49. The van der Waals surface area contributed by atoms with E-state index in [2.05, 4.69) is 10.4 Å². The Morgan fingerprint density at radius 3 is 2.52 bits per heavy atom. The van der Waals surface area contributed by atoms with Gasteiger partial charge in [-0.1, -0.05) is 25.7 Å². The van der Waals surface area contributed by atoms with Gasteiger partial charge in [-0.15, -0.1) is 0 Å². The van der Waals surface area contributed by atoms with Crippen LogP contribution in [-0.4, -0.2) is 28.0 Å². The minimum atomic E-state index is -0.513. The summed E-state index contributed by atoms with van der Waals surface area (Å²) >= 11 is 0. The summed E-state index contributed by atoms with van der Waals surface area (Å²) in [6.45, 7) is 4.15. The maximum absolute atomic E-state index is 12.2. The molecule has 0 spiro atoms. The standard InChI is InChI=1S/C16H25N3O2/c1-11-14(12(2)19(3)18-11)15(20)16(21)17-10-6-9-13-7-4-5-8-13/h13H,4-10H2,1-3H3,(H,17,21). The van der Waals surface area contributed by atoms with E-state index in [1.165, 1.54) is 25.7 Å². The van der Waals surface area contributed by atoms with E-state index in [9.17, 15) is 9.59 Å². The van der Waals surface area contributed by atoms with Gasteiger partial charge in [-0.2, -0.15) is 5.10 Å². The highest BCUT2D eigenvalue weighted by Gasteiger charge is 2.23. The van der Waals surface area contributed by atoms with Crippen molar-refractivity contribution in [2.75, 3.05) is 6.54 Å². The van der Waals surface area contributed by atoms with Crippen LogP contribution in [0.2, 0.25) is 0 Å². The van der Waals surface area contributed by atoms with Gasteiger partial charge in [0.25, 0.3) is 11.7 Å². The van der Waals surface area contributed by atoms with E-state index in [4.69, 9.17) is 0 Å². The summed E-state index contributed by atoms with van der Waals surface area (Å²) in [5.41, 5.74) is 1.78. The van der Waals surface area contributed by atoms with Crippen molar-refractivity contribution in [3.8, 4) is 0 Å². The van der Waals surface area contributed by atoms with Gasteiger partial charge in [0, 0.05) is 19.3 Å². The maximum Gasteiger partial charge on any atom is 0.292 e. The zero-order valence-corrected chi connectivity index (χ0v) is 13.2. The first-order valence-corrected chi connectivity index (χ1v) is 7.83. The molecule has 1 saturated carbocycles. The molecule has 0 aliphatic heterocycles. The van der Waals surface area contributed by atoms with Gasteiger partial charge in [0.05, 0.1) is 11.3 Å². The van der Waals surface area contributed by atoms with Crippen molar-refractivity contribution in [3.63, 3.8) is 0 Å². The monoisotopic (exact) mass is 291 g/mol. The number of aromatic nitrogens is 2. The van der Waals surface area contributed by atoms with Crippen LogP contribution in [0.3, 0.4) is 0 Å². The van der Waals surface area contributed by atoms with E-state index < -0.39 is 11.7 Å². The lowest BCUT2D eigenvalue weighted by atomic mass is 10.0. The van der Waals surface area contributed by atoms with Crippen molar-refractivity contribution >= 4 is 11.7 Å². The molecule has 5 heteroatoms. The van der Waals surface area contributed by atoms with Crippen LogP contribution in [0, 0.1) is 19.8 Å². The normalized spacial score (nSPS) is 15.4. The molecule has 21 heavy (non-hydrogen) atoms. The summed E-state index contributed by atoms with van der Waals surface area (Å²) in [7, 11) is 1.78. The van der Waals surface area contributed by atoms with Gasteiger partial charge in [-0.3, -0.25) is 14.3 Å². The molecule has 116 valence electrons. The first-order chi connectivity index (χ1) is 10.0. The fraction of sp³-hybridized carbons (Fsp3) is 0.688. The molecule has 0 aromatic carbocycles. The molecule has 0 atom stereocenters. The van der Waals surface area contributed by atoms with Crippen LogP contribution in [0.25, 0.3) is 0 Å². The summed E-state index contributed by atoms with van der Waals surface area (Å²) in [5.74, 6) is -0.167. The van der Waals surface area contributed by atoms with E-state index in [-0.39, 0.29) is 0 Å². The molecule has 2 rings (SSSR count). The number of carbonyl (C=O) groups excluding carboxylic acids is 2. The van der Waals surface area contributed by atoms with Gasteiger partial charge in [0.1, 0.15) is 0 Å². The van der Waals surface area contributed by atoms with Crippen molar-refractivity contribution in [2.45, 2.75) is 52.4 Å². The largest absolute Gasteiger partial charge is 0.349 e. The third-order valence-corrected chi connectivity index (χ3v) is 4.49. The van der Waals surface area contributed by atoms with Gasteiger partial charge < -0.3 is 5.32 Å². The SMILES string of the molecule is Cc1nn(C)c(C)c1C(=O)C(=O)NCCCC1CCCC1. The lowest BCUT2D eigenvalue weighted by molar-refractivity contribution is -0.117. The molecule has 0 bridgehead atoms. The number of ketones is 1. The fourth-order valence-corrected chi connectivity index (χ4v) is 3.19. The van der Waals surface area contributed by atoms with Crippen molar-refractivity contribution in [1.82, 2.24) is 15.1 Å². The lowest BCUT2D eigenvalue weighted by Crippen LogP contribution is -2.32. The van der Waals surface area contributed by atoms with E-state index in [0.717, 1.165) is 24.5 Å². The number of hydrogen-bond donors (Lipinski definition) is 1. The van der Waals surface area contributed by atoms with Crippen LogP contribution in [-0.2, 0) is 11.8 Å². The second-order valence-corrected chi connectivity index (χ2v) is 6.05. The number of amides is 1. The van der Waals surface area contributed by atoms with Gasteiger partial charge in [0.2, 0.25) is 0 Å². The molecule has 1 fully saturated rings. The van der Waals surface area contributed by atoms with Crippen molar-refractivity contribution < 1.29 is 9.59 Å². The van der Waals surface area contributed by atoms with Crippen LogP contribution in [0.4, 0.5) is 0 Å². The number of nitrogens with zero attached hydrogens (tertiary/aromatic N) is 2. The van der Waals surface area contributed by atoms with Gasteiger partial charge in [0.15, 0.2) is 0 Å². The quantitative estimate of drug-likeness (QED) is 0.497. The van der Waals surface area contributed by atoms with Gasteiger partial charge >= 0.3 is 0 Å². The Bertz CT molecular complexity index is 528. The molecule has 1 aliphatic carbocycles. The average Bonchev–Trinajstić information content (AvgIpc) is 3.03. The summed E-state index contributed by atoms with van der Waals surface area (Å²) in [6, 6.07) is 0. The molecule has 1 aromatic rings. The number of aryl methyl sites for hydroxylation is 2. The second kappa shape index (κ2) is 6.87. The zero-order chi connectivity index (χ0) is 15.4. The first kappa shape index (κ1) is 15.7. The van der Waals surface area contributed by atoms with Crippen LogP contribution in [0.1, 0.15) is 60.3 Å². The number of hydrogen-bond acceptors (Lipinski definition) is 3. The predicted octanol–water partition coefficient (Wildman–Crippen LogP) is 2.31. The maximum atomic E-state index is 12.2. The molecular weight excluding hydrogens is 266 g/mol. The Kier molecular flexibility index (Phi) is 5.15. The molecule has 0 saturated heterocycles. The van der Waals surface area contributed by atoms with Crippen molar-refractivity contribution in [2.24, 2.45) is 13.0 Å². The van der Waals surface area contributed by atoms with E-state index in [1.54, 1.807) is 25.6 Å². The highest BCUT2D eigenvalue weighted by atomic mass is 16.2. The predicted molar refractivity (Wildman–Crippen MR) is 81.2 cm³/mol.